The minimum Gasteiger partial charge on any atom is -0.392 e. The van der Waals surface area contributed by atoms with E-state index in [2.05, 4.69) is 10.6 Å². The highest BCUT2D eigenvalue weighted by Gasteiger charge is 2.24. The molecule has 0 aliphatic rings. The van der Waals surface area contributed by atoms with Crippen LogP contribution in [0.1, 0.15) is 34.6 Å². The summed E-state index contributed by atoms with van der Waals surface area (Å²) < 4.78 is 0. The number of aliphatic hydroxyl groups excluding tert-OH is 1. The predicted molar refractivity (Wildman–Crippen MR) is 94.6 cm³/mol. The third-order valence-corrected chi connectivity index (χ3v) is 4.59. The van der Waals surface area contributed by atoms with Gasteiger partial charge < -0.3 is 15.7 Å². The standard InChI is InChI=1S/C18H22N2O3S/c1-12(2)16(20-17(22)15-8-5-9-24-15)18(23)19-10-13-6-3-4-7-14(13)11-21/h3-9,12,16,21H,10-11H2,1-2H3,(H,19,23)(H,20,22). The summed E-state index contributed by atoms with van der Waals surface area (Å²) in [6.07, 6.45) is 0. The van der Waals surface area contributed by atoms with Gasteiger partial charge in [0.15, 0.2) is 0 Å². The maximum Gasteiger partial charge on any atom is 0.262 e. The molecule has 2 rings (SSSR count). The first-order valence-electron chi connectivity index (χ1n) is 7.82. The van der Waals surface area contributed by atoms with Gasteiger partial charge in [0.1, 0.15) is 6.04 Å². The van der Waals surface area contributed by atoms with Crippen LogP contribution >= 0.6 is 11.3 Å². The van der Waals surface area contributed by atoms with Crippen LogP contribution in [0.2, 0.25) is 0 Å². The quantitative estimate of drug-likeness (QED) is 0.720. The molecular weight excluding hydrogens is 324 g/mol. The lowest BCUT2D eigenvalue weighted by Gasteiger charge is -2.21. The Balaban J connectivity index is 2.00. The molecule has 1 aromatic carbocycles. The van der Waals surface area contributed by atoms with E-state index in [0.29, 0.717) is 11.4 Å². The Morgan fingerprint density at radius 2 is 1.83 bits per heavy atom. The van der Waals surface area contributed by atoms with Crippen molar-refractivity contribution in [3.63, 3.8) is 0 Å². The summed E-state index contributed by atoms with van der Waals surface area (Å²) >= 11 is 1.34. The molecule has 0 radical (unpaired) electrons. The first-order chi connectivity index (χ1) is 11.5. The molecule has 1 heterocycles. The number of rotatable bonds is 7. The summed E-state index contributed by atoms with van der Waals surface area (Å²) in [5.41, 5.74) is 1.64. The van der Waals surface area contributed by atoms with Crippen molar-refractivity contribution in [3.05, 3.63) is 57.8 Å². The van der Waals surface area contributed by atoms with Gasteiger partial charge in [0.05, 0.1) is 11.5 Å². The van der Waals surface area contributed by atoms with Gasteiger partial charge in [-0.3, -0.25) is 9.59 Å². The van der Waals surface area contributed by atoms with E-state index < -0.39 is 6.04 Å². The van der Waals surface area contributed by atoms with Crippen molar-refractivity contribution in [2.24, 2.45) is 5.92 Å². The Bertz CT molecular complexity index is 683. The van der Waals surface area contributed by atoms with Crippen molar-refractivity contribution >= 4 is 23.2 Å². The summed E-state index contributed by atoms with van der Waals surface area (Å²) in [6, 6.07) is 10.3. The van der Waals surface area contributed by atoms with Crippen LogP contribution in [0.4, 0.5) is 0 Å². The molecule has 5 nitrogen and oxygen atoms in total. The molecule has 3 N–H and O–H groups in total. The summed E-state index contributed by atoms with van der Waals surface area (Å²) in [7, 11) is 0. The van der Waals surface area contributed by atoms with Crippen LogP contribution in [0.15, 0.2) is 41.8 Å². The van der Waals surface area contributed by atoms with Gasteiger partial charge in [-0.1, -0.05) is 44.2 Å². The molecule has 0 aliphatic heterocycles. The molecule has 1 unspecified atom stereocenters. The lowest BCUT2D eigenvalue weighted by Crippen LogP contribution is -2.49. The lowest BCUT2D eigenvalue weighted by atomic mass is 10.0. The lowest BCUT2D eigenvalue weighted by molar-refractivity contribution is -0.124. The van der Waals surface area contributed by atoms with Crippen molar-refractivity contribution in [2.75, 3.05) is 0 Å². The fraction of sp³-hybridized carbons (Fsp3) is 0.333. The summed E-state index contributed by atoms with van der Waals surface area (Å²) in [5.74, 6) is -0.515. The van der Waals surface area contributed by atoms with Crippen molar-refractivity contribution in [1.82, 2.24) is 10.6 Å². The van der Waals surface area contributed by atoms with E-state index in [1.165, 1.54) is 11.3 Å². The third-order valence-electron chi connectivity index (χ3n) is 3.72. The molecular formula is C18H22N2O3S. The molecule has 0 saturated heterocycles. The van der Waals surface area contributed by atoms with Crippen LogP contribution in [0.25, 0.3) is 0 Å². The molecule has 2 amide bonds. The summed E-state index contributed by atoms with van der Waals surface area (Å²) in [6.45, 7) is 4.02. The third kappa shape index (κ3) is 4.66. The van der Waals surface area contributed by atoms with Crippen LogP contribution in [0.3, 0.4) is 0 Å². The van der Waals surface area contributed by atoms with Gasteiger partial charge in [-0.15, -0.1) is 11.3 Å². The number of hydrogen-bond acceptors (Lipinski definition) is 4. The van der Waals surface area contributed by atoms with Crippen LogP contribution in [-0.2, 0) is 17.9 Å². The van der Waals surface area contributed by atoms with Crippen molar-refractivity contribution < 1.29 is 14.7 Å². The fourth-order valence-electron chi connectivity index (χ4n) is 2.33. The maximum atomic E-state index is 12.5. The summed E-state index contributed by atoms with van der Waals surface area (Å²) in [4.78, 5) is 25.2. The van der Waals surface area contributed by atoms with E-state index in [9.17, 15) is 14.7 Å². The Morgan fingerprint density at radius 1 is 1.12 bits per heavy atom. The van der Waals surface area contributed by atoms with Crippen molar-refractivity contribution in [3.8, 4) is 0 Å². The molecule has 2 aromatic rings. The summed E-state index contributed by atoms with van der Waals surface area (Å²) in [5, 5.41) is 16.8. The molecule has 24 heavy (non-hydrogen) atoms. The molecule has 1 atom stereocenters. The zero-order chi connectivity index (χ0) is 17.5. The molecule has 0 spiro atoms. The van der Waals surface area contributed by atoms with E-state index in [1.54, 1.807) is 12.1 Å². The molecule has 0 fully saturated rings. The largest absolute Gasteiger partial charge is 0.392 e. The average Bonchev–Trinajstić information content (AvgIpc) is 3.12. The highest BCUT2D eigenvalue weighted by Crippen LogP contribution is 2.11. The Kier molecular flexibility index (Phi) is 6.52. The monoisotopic (exact) mass is 346 g/mol. The van der Waals surface area contributed by atoms with E-state index in [1.807, 2.05) is 43.5 Å². The average molecular weight is 346 g/mol. The fourth-order valence-corrected chi connectivity index (χ4v) is 2.96. The van der Waals surface area contributed by atoms with Crippen molar-refractivity contribution in [1.29, 1.82) is 0 Å². The van der Waals surface area contributed by atoms with E-state index in [0.717, 1.165) is 11.1 Å². The van der Waals surface area contributed by atoms with Crippen LogP contribution < -0.4 is 10.6 Å². The van der Waals surface area contributed by atoms with Crippen LogP contribution in [0, 0.1) is 5.92 Å². The molecule has 0 aliphatic carbocycles. The smallest absolute Gasteiger partial charge is 0.262 e. The van der Waals surface area contributed by atoms with E-state index in [-0.39, 0.29) is 24.3 Å². The zero-order valence-corrected chi connectivity index (χ0v) is 14.6. The van der Waals surface area contributed by atoms with E-state index >= 15 is 0 Å². The highest BCUT2D eigenvalue weighted by atomic mass is 32.1. The number of carbonyl (C=O) groups is 2. The predicted octanol–water partition coefficient (Wildman–Crippen LogP) is 2.31. The maximum absolute atomic E-state index is 12.5. The van der Waals surface area contributed by atoms with Gasteiger partial charge in [0.25, 0.3) is 5.91 Å². The second-order valence-corrected chi connectivity index (χ2v) is 6.76. The number of aliphatic hydroxyl groups is 1. The van der Waals surface area contributed by atoms with Gasteiger partial charge >= 0.3 is 0 Å². The van der Waals surface area contributed by atoms with Gasteiger partial charge in [-0.05, 0) is 28.5 Å². The number of amides is 2. The Labute approximate surface area is 145 Å². The topological polar surface area (TPSA) is 78.4 Å². The minimum absolute atomic E-state index is 0.0398. The number of carbonyl (C=O) groups excluding carboxylic acids is 2. The molecule has 0 bridgehead atoms. The molecule has 0 saturated carbocycles. The molecule has 1 aromatic heterocycles. The number of benzene rings is 1. The number of hydrogen-bond donors (Lipinski definition) is 3. The first kappa shape index (κ1) is 18.2. The van der Waals surface area contributed by atoms with Crippen LogP contribution in [0.5, 0.6) is 0 Å². The molecule has 128 valence electrons. The minimum atomic E-state index is -0.610. The van der Waals surface area contributed by atoms with Gasteiger partial charge in [-0.25, -0.2) is 0 Å². The van der Waals surface area contributed by atoms with Crippen LogP contribution in [-0.4, -0.2) is 23.0 Å². The van der Waals surface area contributed by atoms with Gasteiger partial charge in [0.2, 0.25) is 5.91 Å². The SMILES string of the molecule is CC(C)C(NC(=O)c1cccs1)C(=O)NCc1ccccc1CO. The Morgan fingerprint density at radius 3 is 2.42 bits per heavy atom. The number of thiophene rings is 1. The van der Waals surface area contributed by atoms with Gasteiger partial charge in [0, 0.05) is 6.54 Å². The normalized spacial score (nSPS) is 12.0. The Hall–Kier alpha value is -2.18. The first-order valence-corrected chi connectivity index (χ1v) is 8.70. The second kappa shape index (κ2) is 8.61. The molecule has 6 heteroatoms. The van der Waals surface area contributed by atoms with Crippen molar-refractivity contribution in [2.45, 2.75) is 33.0 Å². The highest BCUT2D eigenvalue weighted by molar-refractivity contribution is 7.12. The zero-order valence-electron chi connectivity index (χ0n) is 13.8. The number of nitrogens with one attached hydrogen (secondary N) is 2. The van der Waals surface area contributed by atoms with Gasteiger partial charge in [-0.2, -0.15) is 0 Å². The second-order valence-electron chi connectivity index (χ2n) is 5.82. The van der Waals surface area contributed by atoms with E-state index in [4.69, 9.17) is 0 Å².